The number of ether oxygens (including phenoxy) is 1. The van der Waals surface area contributed by atoms with Crippen LogP contribution in [-0.4, -0.2) is 47.5 Å². The summed E-state index contributed by atoms with van der Waals surface area (Å²) in [5, 5.41) is 1.93. The average Bonchev–Trinajstić information content (AvgIpc) is 2.91. The van der Waals surface area contributed by atoms with Crippen molar-refractivity contribution >= 4 is 33.7 Å². The van der Waals surface area contributed by atoms with E-state index in [0.717, 1.165) is 19.4 Å². The molecule has 1 N–H and O–H groups in total. The molecule has 112 valence electrons. The number of hydrogen-bond acceptors (Lipinski definition) is 3. The molecule has 0 saturated heterocycles. The zero-order valence-electron chi connectivity index (χ0n) is 12.7. The molecule has 0 fully saturated rings. The van der Waals surface area contributed by atoms with Crippen molar-refractivity contribution in [3.63, 3.8) is 0 Å². The fourth-order valence-corrected chi connectivity index (χ4v) is 3.08. The van der Waals surface area contributed by atoms with Crippen LogP contribution in [0.4, 0.5) is 0 Å². The molecule has 0 atom stereocenters. The topological polar surface area (TPSA) is 45.1 Å². The van der Waals surface area contributed by atoms with Crippen LogP contribution in [0.5, 0.6) is 0 Å². The minimum atomic E-state index is -0.267. The number of carbonyl (C=O) groups is 1. The first kappa shape index (κ1) is 15.6. The van der Waals surface area contributed by atoms with E-state index in [2.05, 4.69) is 29.4 Å². The number of thioether (sulfide) groups is 1. The number of benzene rings is 1. The number of rotatable bonds is 4. The predicted octanol–water partition coefficient (Wildman–Crippen LogP) is 2.68. The maximum absolute atomic E-state index is 11.6. The van der Waals surface area contributed by atoms with Crippen molar-refractivity contribution in [1.29, 1.82) is 0 Å². The summed E-state index contributed by atoms with van der Waals surface area (Å²) in [6, 6.07) is 8.32. The van der Waals surface area contributed by atoms with Gasteiger partial charge in [0.05, 0.1) is 7.11 Å². The summed E-state index contributed by atoms with van der Waals surface area (Å²) < 4.78 is 6.75. The molecule has 0 spiro atoms. The van der Waals surface area contributed by atoms with Gasteiger partial charge in [-0.3, -0.25) is 0 Å². The number of aromatic nitrogens is 1. The van der Waals surface area contributed by atoms with Crippen molar-refractivity contribution in [2.24, 2.45) is 0 Å². The maximum atomic E-state index is 11.6. The molecule has 0 aliphatic rings. The van der Waals surface area contributed by atoms with Gasteiger partial charge in [-0.2, -0.15) is 0 Å². The highest BCUT2D eigenvalue weighted by molar-refractivity contribution is 8.14. The smallest absolute Gasteiger partial charge is 0.410 e. The molecule has 0 aliphatic carbocycles. The molecule has 4 nitrogen and oxygen atoms in total. The van der Waals surface area contributed by atoms with E-state index >= 15 is 0 Å². The summed E-state index contributed by atoms with van der Waals surface area (Å²) in [5.41, 5.74) is 2.49. The molecule has 5 heteroatoms. The first-order valence-corrected chi connectivity index (χ1v) is 8.15. The van der Waals surface area contributed by atoms with Gasteiger partial charge in [-0.1, -0.05) is 30.0 Å². The van der Waals surface area contributed by atoms with Gasteiger partial charge >= 0.3 is 11.0 Å². The Bertz CT molecular complexity index is 661. The second-order valence-electron chi connectivity index (χ2n) is 4.89. The number of aryl methyl sites for hydroxylation is 1. The molecule has 1 heterocycles. The van der Waals surface area contributed by atoms with Crippen molar-refractivity contribution in [3.8, 4) is 0 Å². The molecule has 0 unspecified atom stereocenters. The van der Waals surface area contributed by atoms with Crippen LogP contribution in [0, 0.1) is 0 Å². The monoisotopic (exact) mass is 305 g/mol. The highest BCUT2D eigenvalue weighted by atomic mass is 32.2. The van der Waals surface area contributed by atoms with Crippen molar-refractivity contribution in [2.75, 3.05) is 27.0 Å². The third-order valence-electron chi connectivity index (χ3n) is 3.51. The van der Waals surface area contributed by atoms with Crippen LogP contribution in [-0.2, 0) is 16.0 Å². The Hall–Kier alpha value is -1.75. The van der Waals surface area contributed by atoms with E-state index in [9.17, 15) is 4.79 Å². The molecule has 0 amide bonds. The van der Waals surface area contributed by atoms with E-state index in [1.54, 1.807) is 0 Å². The van der Waals surface area contributed by atoms with Gasteiger partial charge in [-0.15, -0.1) is 0 Å². The number of nitrogens with one attached hydrogen (secondary N) is 1. The van der Waals surface area contributed by atoms with Gasteiger partial charge in [-0.05, 0) is 24.3 Å². The van der Waals surface area contributed by atoms with Gasteiger partial charge in [-0.25, -0.2) is 9.37 Å². The first-order valence-electron chi connectivity index (χ1n) is 6.92. The molecule has 0 radical (unpaired) electrons. The Morgan fingerprint density at radius 1 is 1.38 bits per heavy atom. The number of fused-ring (bicyclic) bond motifs is 1. The third kappa shape index (κ3) is 3.67. The quantitative estimate of drug-likeness (QED) is 0.409. The van der Waals surface area contributed by atoms with E-state index in [4.69, 9.17) is 4.74 Å². The fourth-order valence-electron chi connectivity index (χ4n) is 2.43. The Morgan fingerprint density at radius 2 is 2.14 bits per heavy atom. The van der Waals surface area contributed by atoms with Crippen LogP contribution in [0.15, 0.2) is 30.5 Å². The Morgan fingerprint density at radius 3 is 2.86 bits per heavy atom. The fraction of sp³-hybridized carbons (Fsp3) is 0.375. The van der Waals surface area contributed by atoms with Gasteiger partial charge in [0.15, 0.2) is 0 Å². The lowest BCUT2D eigenvalue weighted by Crippen LogP contribution is -2.25. The van der Waals surface area contributed by atoms with Gasteiger partial charge in [0.25, 0.3) is 0 Å². The summed E-state index contributed by atoms with van der Waals surface area (Å²) >= 11 is 1.42. The van der Waals surface area contributed by atoms with Crippen molar-refractivity contribution in [1.82, 2.24) is 4.98 Å². The Labute approximate surface area is 129 Å². The third-order valence-corrected chi connectivity index (χ3v) is 4.38. The largest absolute Gasteiger partial charge is 0.461 e. The number of aromatic amines is 1. The van der Waals surface area contributed by atoms with Crippen LogP contribution in [0.2, 0.25) is 0 Å². The predicted molar refractivity (Wildman–Crippen MR) is 88.2 cm³/mol. The number of H-pyrrole nitrogens is 1. The van der Waals surface area contributed by atoms with E-state index in [-0.39, 0.29) is 5.97 Å². The zero-order chi connectivity index (χ0) is 15.2. The zero-order valence-corrected chi connectivity index (χ0v) is 13.5. The van der Waals surface area contributed by atoms with Gasteiger partial charge in [0, 0.05) is 23.5 Å². The number of esters is 1. The van der Waals surface area contributed by atoms with E-state index in [0.29, 0.717) is 5.04 Å². The van der Waals surface area contributed by atoms with Crippen LogP contribution in [0.25, 0.3) is 10.9 Å². The highest BCUT2D eigenvalue weighted by Crippen LogP contribution is 2.18. The summed E-state index contributed by atoms with van der Waals surface area (Å²) in [6.07, 6.45) is 5.93. The molecule has 1 aromatic carbocycles. The SMILES string of the molecule is COC(=O)C(SC)=[N+](C)CCCc1c[nH]c2ccccc12. The van der Waals surface area contributed by atoms with Crippen LogP contribution >= 0.6 is 11.8 Å². The van der Waals surface area contributed by atoms with Crippen LogP contribution in [0.1, 0.15) is 12.0 Å². The minimum absolute atomic E-state index is 0.267. The Balaban J connectivity index is 2.01. The first-order chi connectivity index (χ1) is 10.2. The summed E-state index contributed by atoms with van der Waals surface area (Å²) in [4.78, 5) is 14.9. The number of para-hydroxylation sites is 1. The van der Waals surface area contributed by atoms with E-state index in [1.165, 1.54) is 35.3 Å². The number of carbonyl (C=O) groups excluding carboxylic acids is 1. The van der Waals surface area contributed by atoms with Crippen molar-refractivity contribution < 1.29 is 14.1 Å². The lowest BCUT2D eigenvalue weighted by molar-refractivity contribution is -0.494. The van der Waals surface area contributed by atoms with Crippen LogP contribution in [0.3, 0.4) is 0 Å². The molecule has 0 saturated carbocycles. The summed E-state index contributed by atoms with van der Waals surface area (Å²) in [6.45, 7) is 0.824. The van der Waals surface area contributed by atoms with Crippen LogP contribution < -0.4 is 0 Å². The van der Waals surface area contributed by atoms with Gasteiger partial charge < -0.3 is 9.72 Å². The minimum Gasteiger partial charge on any atom is -0.461 e. The molecule has 21 heavy (non-hydrogen) atoms. The maximum Gasteiger partial charge on any atom is 0.410 e. The van der Waals surface area contributed by atoms with Crippen molar-refractivity contribution in [2.45, 2.75) is 12.8 Å². The van der Waals surface area contributed by atoms with Crippen molar-refractivity contribution in [3.05, 3.63) is 36.0 Å². The highest BCUT2D eigenvalue weighted by Gasteiger charge is 2.20. The molecule has 1 aromatic heterocycles. The van der Waals surface area contributed by atoms with Gasteiger partial charge in [0.2, 0.25) is 0 Å². The lowest BCUT2D eigenvalue weighted by Gasteiger charge is -2.03. The van der Waals surface area contributed by atoms with E-state index < -0.39 is 0 Å². The Kier molecular flexibility index (Phi) is 5.44. The van der Waals surface area contributed by atoms with E-state index in [1.807, 2.05) is 23.9 Å². The number of methoxy groups -OCH3 is 1. The molecular formula is C16H21N2O2S+. The summed E-state index contributed by atoms with van der Waals surface area (Å²) in [5.74, 6) is -0.267. The average molecular weight is 305 g/mol. The normalized spacial score (nSPS) is 12.3. The standard InChI is InChI=1S/C16H20N2O2S/c1-18(15(21-3)16(19)20-2)10-6-7-12-11-17-14-9-5-4-8-13(12)14/h4-5,8-9,11H,6-7,10H2,1-3H3/p+1. The summed E-state index contributed by atoms with van der Waals surface area (Å²) in [7, 11) is 3.34. The molecule has 0 aliphatic heterocycles. The molecule has 2 aromatic rings. The van der Waals surface area contributed by atoms with Gasteiger partial charge in [0.1, 0.15) is 13.6 Å². The second-order valence-corrected chi connectivity index (χ2v) is 5.68. The molecule has 2 rings (SSSR count). The number of nitrogens with zero attached hydrogens (tertiary/aromatic N) is 1. The molecular weight excluding hydrogens is 284 g/mol. The second kappa shape index (κ2) is 7.31. The molecule has 0 bridgehead atoms. The lowest BCUT2D eigenvalue weighted by atomic mass is 10.1. The number of hydrogen-bond donors (Lipinski definition) is 1.